The first-order chi connectivity index (χ1) is 15.0. The van der Waals surface area contributed by atoms with Crippen LogP contribution in [-0.4, -0.2) is 25.1 Å². The number of carbonyl (C=O) groups is 1. The Labute approximate surface area is 181 Å². The number of hydrogen-bond donors (Lipinski definition) is 1. The molecule has 4 aromatic rings. The molecule has 0 aliphatic rings. The highest BCUT2D eigenvalue weighted by molar-refractivity contribution is 7.91. The van der Waals surface area contributed by atoms with Crippen LogP contribution in [0.5, 0.6) is 0 Å². The quantitative estimate of drug-likeness (QED) is 0.472. The van der Waals surface area contributed by atoms with Gasteiger partial charge in [-0.25, -0.2) is 8.42 Å². The number of aromatic nitrogens is 1. The van der Waals surface area contributed by atoms with Crippen LogP contribution in [0.1, 0.15) is 16.7 Å². The van der Waals surface area contributed by atoms with Gasteiger partial charge in [0.15, 0.2) is 9.84 Å². The Balaban J connectivity index is 1.38. The van der Waals surface area contributed by atoms with Crippen LogP contribution in [-0.2, 0) is 26.8 Å². The molecule has 0 aliphatic carbocycles. The second-order valence-electron chi connectivity index (χ2n) is 7.45. The van der Waals surface area contributed by atoms with Gasteiger partial charge in [0.05, 0.1) is 5.75 Å². The highest BCUT2D eigenvalue weighted by atomic mass is 32.2. The molecule has 0 spiro atoms. The Hall–Kier alpha value is -3.51. The molecule has 1 aromatic heterocycles. The van der Waals surface area contributed by atoms with E-state index in [2.05, 4.69) is 10.3 Å². The largest absolute Gasteiger partial charge is 0.325 e. The molecule has 1 N–H and O–H groups in total. The molecule has 0 saturated heterocycles. The van der Waals surface area contributed by atoms with E-state index in [0.29, 0.717) is 11.3 Å². The van der Waals surface area contributed by atoms with Crippen molar-refractivity contribution in [3.8, 4) is 0 Å². The summed E-state index contributed by atoms with van der Waals surface area (Å²) in [7, 11) is -3.61. The molecular formula is C25H22N2O3S. The fraction of sp³-hybridized carbons (Fsp3) is 0.120. The molecule has 3 aromatic carbocycles. The Morgan fingerprint density at radius 2 is 1.48 bits per heavy atom. The number of benzene rings is 3. The first-order valence-electron chi connectivity index (χ1n) is 9.93. The van der Waals surface area contributed by atoms with E-state index in [1.807, 2.05) is 60.7 Å². The van der Waals surface area contributed by atoms with Gasteiger partial charge in [-0.1, -0.05) is 54.6 Å². The van der Waals surface area contributed by atoms with Crippen LogP contribution in [0.4, 0.5) is 5.69 Å². The molecule has 0 radical (unpaired) electrons. The smallest absolute Gasteiger partial charge is 0.239 e. The standard InChI is InChI=1S/C25H22N2O3S/c28-25(27-23-10-8-19(9-11-23)16-20-12-14-26-15-13-20)18-31(29,30)17-22-6-3-5-21-4-1-2-7-24(21)22/h1-15H,16-18H2,(H,27,28). The molecule has 1 heterocycles. The molecule has 0 unspecified atom stereocenters. The minimum Gasteiger partial charge on any atom is -0.325 e. The van der Waals surface area contributed by atoms with Crippen LogP contribution in [0.3, 0.4) is 0 Å². The van der Waals surface area contributed by atoms with Gasteiger partial charge in [-0.05, 0) is 58.1 Å². The first-order valence-corrected chi connectivity index (χ1v) is 11.8. The molecular weight excluding hydrogens is 408 g/mol. The van der Waals surface area contributed by atoms with Crippen LogP contribution >= 0.6 is 0 Å². The van der Waals surface area contributed by atoms with Gasteiger partial charge in [0, 0.05) is 18.1 Å². The molecule has 0 atom stereocenters. The number of amides is 1. The lowest BCUT2D eigenvalue weighted by Crippen LogP contribution is -2.24. The Morgan fingerprint density at radius 1 is 0.806 bits per heavy atom. The van der Waals surface area contributed by atoms with E-state index in [0.717, 1.165) is 28.3 Å². The van der Waals surface area contributed by atoms with Crippen molar-refractivity contribution >= 4 is 32.2 Å². The van der Waals surface area contributed by atoms with Crippen molar-refractivity contribution in [2.45, 2.75) is 12.2 Å². The lowest BCUT2D eigenvalue weighted by Gasteiger charge is -2.09. The number of pyridine rings is 1. The summed E-state index contributed by atoms with van der Waals surface area (Å²) in [4.78, 5) is 16.4. The fourth-order valence-corrected chi connectivity index (χ4v) is 4.84. The van der Waals surface area contributed by atoms with Crippen molar-refractivity contribution in [1.29, 1.82) is 0 Å². The van der Waals surface area contributed by atoms with Crippen LogP contribution in [0.15, 0.2) is 91.3 Å². The number of sulfone groups is 1. The van der Waals surface area contributed by atoms with E-state index in [4.69, 9.17) is 0 Å². The highest BCUT2D eigenvalue weighted by Gasteiger charge is 2.19. The SMILES string of the molecule is O=C(CS(=O)(=O)Cc1cccc2ccccc12)Nc1ccc(Cc2ccncc2)cc1. The van der Waals surface area contributed by atoms with Gasteiger partial charge in [-0.2, -0.15) is 0 Å². The number of anilines is 1. The van der Waals surface area contributed by atoms with Crippen LogP contribution in [0.25, 0.3) is 10.8 Å². The van der Waals surface area contributed by atoms with Crippen molar-refractivity contribution in [1.82, 2.24) is 4.98 Å². The van der Waals surface area contributed by atoms with Crippen molar-refractivity contribution in [3.63, 3.8) is 0 Å². The average Bonchev–Trinajstić information content (AvgIpc) is 2.75. The van der Waals surface area contributed by atoms with Gasteiger partial charge in [-0.3, -0.25) is 9.78 Å². The second-order valence-corrected chi connectivity index (χ2v) is 9.51. The molecule has 0 bridgehead atoms. The minimum absolute atomic E-state index is 0.174. The second kappa shape index (κ2) is 9.10. The van der Waals surface area contributed by atoms with Gasteiger partial charge in [0.1, 0.15) is 5.75 Å². The molecule has 0 saturated carbocycles. The van der Waals surface area contributed by atoms with Crippen molar-refractivity contribution in [2.24, 2.45) is 0 Å². The third-order valence-electron chi connectivity index (χ3n) is 5.00. The predicted molar refractivity (Wildman–Crippen MR) is 124 cm³/mol. The van der Waals surface area contributed by atoms with E-state index >= 15 is 0 Å². The zero-order valence-electron chi connectivity index (χ0n) is 16.9. The lowest BCUT2D eigenvalue weighted by molar-refractivity contribution is -0.113. The van der Waals surface area contributed by atoms with E-state index in [9.17, 15) is 13.2 Å². The maximum absolute atomic E-state index is 12.6. The summed E-state index contributed by atoms with van der Waals surface area (Å²) >= 11 is 0. The van der Waals surface area contributed by atoms with Crippen molar-refractivity contribution in [2.75, 3.05) is 11.1 Å². The number of hydrogen-bond acceptors (Lipinski definition) is 4. The Morgan fingerprint density at radius 3 is 2.26 bits per heavy atom. The average molecular weight is 431 g/mol. The summed E-state index contributed by atoms with van der Waals surface area (Å²) in [6, 6.07) is 24.5. The highest BCUT2D eigenvalue weighted by Crippen LogP contribution is 2.21. The maximum Gasteiger partial charge on any atom is 0.239 e. The monoisotopic (exact) mass is 430 g/mol. The van der Waals surface area contributed by atoms with Gasteiger partial charge in [0.2, 0.25) is 5.91 Å². The molecule has 6 heteroatoms. The van der Waals surface area contributed by atoms with Crippen LogP contribution < -0.4 is 5.32 Å². The number of nitrogens with zero attached hydrogens (tertiary/aromatic N) is 1. The number of rotatable bonds is 7. The molecule has 5 nitrogen and oxygen atoms in total. The van der Waals surface area contributed by atoms with Gasteiger partial charge in [0.25, 0.3) is 0 Å². The van der Waals surface area contributed by atoms with Crippen LogP contribution in [0, 0.1) is 0 Å². The molecule has 0 aliphatic heterocycles. The molecule has 4 rings (SSSR count). The number of carbonyl (C=O) groups excluding carboxylic acids is 1. The van der Waals surface area contributed by atoms with Crippen molar-refractivity contribution < 1.29 is 13.2 Å². The summed E-state index contributed by atoms with van der Waals surface area (Å²) in [6.45, 7) is 0. The molecule has 31 heavy (non-hydrogen) atoms. The summed E-state index contributed by atoms with van der Waals surface area (Å²) in [5.41, 5.74) is 3.51. The van der Waals surface area contributed by atoms with Crippen LogP contribution in [0.2, 0.25) is 0 Å². The predicted octanol–water partition coefficient (Wildman–Crippen LogP) is 4.38. The lowest BCUT2D eigenvalue weighted by atomic mass is 10.1. The summed E-state index contributed by atoms with van der Waals surface area (Å²) in [5, 5.41) is 4.55. The topological polar surface area (TPSA) is 76.1 Å². The summed E-state index contributed by atoms with van der Waals surface area (Å²) < 4.78 is 25.3. The van der Waals surface area contributed by atoms with E-state index in [1.54, 1.807) is 30.6 Å². The fourth-order valence-electron chi connectivity index (χ4n) is 3.55. The zero-order chi connectivity index (χ0) is 21.7. The Kier molecular flexibility index (Phi) is 6.09. The number of fused-ring (bicyclic) bond motifs is 1. The van der Waals surface area contributed by atoms with Crippen molar-refractivity contribution in [3.05, 3.63) is 108 Å². The first kappa shape index (κ1) is 20.8. The van der Waals surface area contributed by atoms with E-state index in [1.165, 1.54) is 0 Å². The van der Waals surface area contributed by atoms with E-state index in [-0.39, 0.29) is 5.75 Å². The Bertz CT molecular complexity index is 1300. The van der Waals surface area contributed by atoms with Gasteiger partial charge < -0.3 is 5.32 Å². The molecule has 156 valence electrons. The third-order valence-corrected chi connectivity index (χ3v) is 6.45. The molecule has 1 amide bonds. The maximum atomic E-state index is 12.6. The third kappa shape index (κ3) is 5.55. The zero-order valence-corrected chi connectivity index (χ0v) is 17.7. The minimum atomic E-state index is -3.61. The van der Waals surface area contributed by atoms with E-state index < -0.39 is 21.5 Å². The van der Waals surface area contributed by atoms with Gasteiger partial charge in [-0.15, -0.1) is 0 Å². The summed E-state index contributed by atoms with van der Waals surface area (Å²) in [5.74, 6) is -1.27. The molecule has 0 fully saturated rings. The number of nitrogens with one attached hydrogen (secondary N) is 1. The van der Waals surface area contributed by atoms with Gasteiger partial charge >= 0.3 is 0 Å². The summed E-state index contributed by atoms with van der Waals surface area (Å²) in [6.07, 6.45) is 4.27. The normalized spacial score (nSPS) is 11.4.